The van der Waals surface area contributed by atoms with E-state index in [4.69, 9.17) is 0 Å². The van der Waals surface area contributed by atoms with Crippen LogP contribution < -0.4 is 5.32 Å². The van der Waals surface area contributed by atoms with Crippen LogP contribution in [0.5, 0.6) is 0 Å². The van der Waals surface area contributed by atoms with Crippen molar-refractivity contribution in [3.8, 4) is 0 Å². The lowest BCUT2D eigenvalue weighted by Gasteiger charge is -2.30. The van der Waals surface area contributed by atoms with E-state index in [9.17, 15) is 8.42 Å². The maximum Gasteiger partial charge on any atom is 0.180 e. The Morgan fingerprint density at radius 2 is 1.90 bits per heavy atom. The highest BCUT2D eigenvalue weighted by molar-refractivity contribution is 7.91. The summed E-state index contributed by atoms with van der Waals surface area (Å²) in [6.45, 7) is 8.04. The first-order chi connectivity index (χ1) is 10.0. The Labute approximate surface area is 128 Å². The molecule has 1 aliphatic rings. The van der Waals surface area contributed by atoms with Crippen LogP contribution in [-0.4, -0.2) is 45.2 Å². The van der Waals surface area contributed by atoms with Gasteiger partial charge in [-0.05, 0) is 44.0 Å². The normalized spacial score (nSPS) is 17.8. The zero-order chi connectivity index (χ0) is 15.3. The standard InChI is InChI=1S/C16H26N2O2S/c1-3-21(19,20)16-7-5-4-6-15(16)17-10-13-18-11-8-14(2)9-12-18/h4-7,14,17H,3,8-13H2,1-2H3. The zero-order valence-electron chi connectivity index (χ0n) is 13.0. The second kappa shape index (κ2) is 7.27. The fourth-order valence-corrected chi connectivity index (χ4v) is 3.75. The molecule has 0 saturated carbocycles. The molecule has 5 heteroatoms. The Morgan fingerprint density at radius 3 is 2.57 bits per heavy atom. The van der Waals surface area contributed by atoms with Gasteiger partial charge in [-0.25, -0.2) is 8.42 Å². The summed E-state index contributed by atoms with van der Waals surface area (Å²) < 4.78 is 24.1. The molecule has 0 spiro atoms. The monoisotopic (exact) mass is 310 g/mol. The van der Waals surface area contributed by atoms with Crippen LogP contribution in [0.2, 0.25) is 0 Å². The van der Waals surface area contributed by atoms with E-state index in [0.29, 0.717) is 4.90 Å². The summed E-state index contributed by atoms with van der Waals surface area (Å²) >= 11 is 0. The molecule has 1 N–H and O–H groups in total. The van der Waals surface area contributed by atoms with Crippen LogP contribution in [0.15, 0.2) is 29.2 Å². The number of likely N-dealkylation sites (tertiary alicyclic amines) is 1. The molecule has 1 aliphatic heterocycles. The summed E-state index contributed by atoms with van der Waals surface area (Å²) in [5.41, 5.74) is 0.727. The van der Waals surface area contributed by atoms with Gasteiger partial charge in [0.25, 0.3) is 0 Å². The van der Waals surface area contributed by atoms with Crippen LogP contribution in [0.3, 0.4) is 0 Å². The van der Waals surface area contributed by atoms with Gasteiger partial charge in [-0.1, -0.05) is 26.0 Å². The molecular weight excluding hydrogens is 284 g/mol. The summed E-state index contributed by atoms with van der Waals surface area (Å²) in [5, 5.41) is 3.29. The highest BCUT2D eigenvalue weighted by atomic mass is 32.2. The Bertz CT molecular complexity index is 549. The Kier molecular flexibility index (Phi) is 5.65. The molecule has 0 aliphatic carbocycles. The molecule has 0 unspecified atom stereocenters. The van der Waals surface area contributed by atoms with Crippen molar-refractivity contribution in [2.75, 3.05) is 37.2 Å². The van der Waals surface area contributed by atoms with Crippen molar-refractivity contribution in [1.29, 1.82) is 0 Å². The average molecular weight is 310 g/mol. The first-order valence-electron chi connectivity index (χ1n) is 7.81. The minimum absolute atomic E-state index is 0.135. The van der Waals surface area contributed by atoms with Crippen molar-refractivity contribution in [1.82, 2.24) is 4.90 Å². The third-order valence-electron chi connectivity index (χ3n) is 4.22. The van der Waals surface area contributed by atoms with Crippen LogP contribution in [0.25, 0.3) is 0 Å². The molecule has 1 heterocycles. The number of nitrogens with zero attached hydrogens (tertiary/aromatic N) is 1. The lowest BCUT2D eigenvalue weighted by atomic mass is 9.99. The van der Waals surface area contributed by atoms with Crippen molar-refractivity contribution in [3.05, 3.63) is 24.3 Å². The number of anilines is 1. The molecule has 4 nitrogen and oxygen atoms in total. The third-order valence-corrected chi connectivity index (χ3v) is 6.01. The second-order valence-electron chi connectivity index (χ2n) is 5.85. The van der Waals surface area contributed by atoms with Crippen LogP contribution in [-0.2, 0) is 9.84 Å². The lowest BCUT2D eigenvalue weighted by molar-refractivity contribution is 0.199. The topological polar surface area (TPSA) is 49.4 Å². The van der Waals surface area contributed by atoms with E-state index in [1.807, 2.05) is 12.1 Å². The van der Waals surface area contributed by atoms with Crippen LogP contribution in [0.4, 0.5) is 5.69 Å². The Balaban J connectivity index is 1.92. The molecule has 1 aromatic rings. The maximum absolute atomic E-state index is 12.1. The minimum atomic E-state index is -3.17. The SMILES string of the molecule is CCS(=O)(=O)c1ccccc1NCCN1CCC(C)CC1. The highest BCUT2D eigenvalue weighted by Gasteiger charge is 2.17. The lowest BCUT2D eigenvalue weighted by Crippen LogP contribution is -2.36. The number of benzene rings is 1. The molecular formula is C16H26N2O2S. The summed E-state index contributed by atoms with van der Waals surface area (Å²) in [6, 6.07) is 7.18. The number of piperidine rings is 1. The fraction of sp³-hybridized carbons (Fsp3) is 0.625. The number of nitrogens with one attached hydrogen (secondary N) is 1. The van der Waals surface area contributed by atoms with Crippen molar-refractivity contribution in [3.63, 3.8) is 0 Å². The van der Waals surface area contributed by atoms with Gasteiger partial charge in [0.05, 0.1) is 16.3 Å². The predicted molar refractivity (Wildman–Crippen MR) is 87.5 cm³/mol. The van der Waals surface area contributed by atoms with E-state index < -0.39 is 9.84 Å². The van der Waals surface area contributed by atoms with E-state index in [1.165, 1.54) is 12.8 Å². The van der Waals surface area contributed by atoms with Gasteiger partial charge >= 0.3 is 0 Å². The molecule has 0 bridgehead atoms. The first kappa shape index (κ1) is 16.3. The van der Waals surface area contributed by atoms with Crippen LogP contribution >= 0.6 is 0 Å². The van der Waals surface area contributed by atoms with E-state index in [2.05, 4.69) is 17.1 Å². The van der Waals surface area contributed by atoms with Gasteiger partial charge in [-0.3, -0.25) is 0 Å². The number of para-hydroxylation sites is 1. The molecule has 1 aromatic carbocycles. The summed E-state index contributed by atoms with van der Waals surface area (Å²) in [6.07, 6.45) is 2.53. The second-order valence-corrected chi connectivity index (χ2v) is 8.10. The molecule has 118 valence electrons. The van der Waals surface area contributed by atoms with E-state index >= 15 is 0 Å². The molecule has 2 rings (SSSR count). The van der Waals surface area contributed by atoms with Gasteiger partial charge in [0, 0.05) is 13.1 Å². The fourth-order valence-electron chi connectivity index (χ4n) is 2.67. The minimum Gasteiger partial charge on any atom is -0.383 e. The van der Waals surface area contributed by atoms with Crippen molar-refractivity contribution in [2.24, 2.45) is 5.92 Å². The highest BCUT2D eigenvalue weighted by Crippen LogP contribution is 2.22. The van der Waals surface area contributed by atoms with E-state index in [1.54, 1.807) is 19.1 Å². The average Bonchev–Trinajstić information content (AvgIpc) is 2.50. The molecule has 1 saturated heterocycles. The molecule has 0 radical (unpaired) electrons. The predicted octanol–water partition coefficient (Wildman–Crippen LogP) is 2.62. The summed E-state index contributed by atoms with van der Waals surface area (Å²) in [7, 11) is -3.17. The molecule has 0 aromatic heterocycles. The molecule has 21 heavy (non-hydrogen) atoms. The van der Waals surface area contributed by atoms with E-state index in [-0.39, 0.29) is 5.75 Å². The number of rotatable bonds is 6. The molecule has 1 fully saturated rings. The van der Waals surface area contributed by atoms with Crippen LogP contribution in [0.1, 0.15) is 26.7 Å². The number of sulfone groups is 1. The van der Waals surface area contributed by atoms with E-state index in [0.717, 1.165) is 37.8 Å². The van der Waals surface area contributed by atoms with Gasteiger partial charge in [0.2, 0.25) is 0 Å². The van der Waals surface area contributed by atoms with Gasteiger partial charge in [-0.2, -0.15) is 0 Å². The van der Waals surface area contributed by atoms with Gasteiger partial charge < -0.3 is 10.2 Å². The van der Waals surface area contributed by atoms with Crippen LogP contribution in [0, 0.1) is 5.92 Å². The van der Waals surface area contributed by atoms with Crippen molar-refractivity contribution < 1.29 is 8.42 Å². The first-order valence-corrected chi connectivity index (χ1v) is 9.46. The van der Waals surface area contributed by atoms with Gasteiger partial charge in [0.1, 0.15) is 0 Å². The van der Waals surface area contributed by atoms with Gasteiger partial charge in [0.15, 0.2) is 9.84 Å². The maximum atomic E-state index is 12.1. The summed E-state index contributed by atoms with van der Waals surface area (Å²) in [5.74, 6) is 0.972. The zero-order valence-corrected chi connectivity index (χ0v) is 13.8. The largest absolute Gasteiger partial charge is 0.383 e. The molecule has 0 amide bonds. The molecule has 0 atom stereocenters. The van der Waals surface area contributed by atoms with Crippen molar-refractivity contribution >= 4 is 15.5 Å². The smallest absolute Gasteiger partial charge is 0.180 e. The third kappa shape index (κ3) is 4.45. The number of hydrogen-bond donors (Lipinski definition) is 1. The van der Waals surface area contributed by atoms with Gasteiger partial charge in [-0.15, -0.1) is 0 Å². The quantitative estimate of drug-likeness (QED) is 0.877. The number of hydrogen-bond acceptors (Lipinski definition) is 4. The summed E-state index contributed by atoms with van der Waals surface area (Å²) in [4.78, 5) is 2.86. The van der Waals surface area contributed by atoms with Crippen molar-refractivity contribution in [2.45, 2.75) is 31.6 Å². The Hall–Kier alpha value is -1.07. The Morgan fingerprint density at radius 1 is 1.24 bits per heavy atom.